The fraction of sp³-hybridized carbons (Fsp3) is 0.125. The van der Waals surface area contributed by atoms with Gasteiger partial charge in [0.05, 0.1) is 70.0 Å². The van der Waals surface area contributed by atoms with E-state index in [4.69, 9.17) is 0 Å². The largest absolute Gasteiger partial charge is 4.00 e. The third kappa shape index (κ3) is 20.5. The molecule has 21 heteroatoms. The van der Waals surface area contributed by atoms with E-state index in [1.807, 2.05) is 6.92 Å². The van der Waals surface area contributed by atoms with Crippen LogP contribution in [0.2, 0.25) is 0 Å². The van der Waals surface area contributed by atoms with Gasteiger partial charge in [0.1, 0.15) is 12.6 Å². The topological polar surface area (TPSA) is 429 Å². The minimum atomic E-state index is -1.52. The van der Waals surface area contributed by atoms with Gasteiger partial charge in [0.2, 0.25) is 0 Å². The average molecular weight is 717 g/mol. The number of quaternary nitrogens is 2. The first kappa shape index (κ1) is 49.6. The zero-order valence-electron chi connectivity index (χ0n) is 23.1. The van der Waals surface area contributed by atoms with Crippen molar-refractivity contribution in [1.82, 2.24) is 15.0 Å². The second-order valence-corrected chi connectivity index (χ2v) is 7.34. The molecule has 0 saturated carbocycles. The van der Waals surface area contributed by atoms with Crippen molar-refractivity contribution in [3.63, 3.8) is 0 Å². The smallest absolute Gasteiger partial charge is 0.543 e. The van der Waals surface area contributed by atoms with E-state index < -0.39 is 70.0 Å². The molecule has 3 aromatic rings. The minimum absolute atomic E-state index is 0. The molecule has 20 nitrogen and oxygen atoms in total. The van der Waals surface area contributed by atoms with Gasteiger partial charge in [-0.2, -0.15) is 0 Å². The summed E-state index contributed by atoms with van der Waals surface area (Å²) in [5, 5.41) is 61.1. The molecule has 1 atom stereocenters. The number of nitrogens with zero attached hydrogens (tertiary/aromatic N) is 3. The van der Waals surface area contributed by atoms with Gasteiger partial charge in [0, 0.05) is 0 Å². The number of hydrogen-bond donors (Lipinski definition) is 2. The number of carbonyl (C=O) groups excluding carboxylic acids is 6. The summed E-state index contributed by atoms with van der Waals surface area (Å²) in [6, 6.07) is 11.1. The fourth-order valence-electron chi connectivity index (χ4n) is 1.99. The van der Waals surface area contributed by atoms with Crippen molar-refractivity contribution in [2.75, 3.05) is 6.54 Å². The number of aromatic nitrogens is 3. The number of carbonyl (C=O) groups is 6. The number of aromatic carboxylic acids is 6. The molecule has 3 rings (SSSR count). The van der Waals surface area contributed by atoms with Gasteiger partial charge >= 0.3 is 26.2 Å². The van der Waals surface area contributed by atoms with Gasteiger partial charge in [-0.05, 0) is 43.3 Å². The van der Waals surface area contributed by atoms with Crippen molar-refractivity contribution in [1.29, 1.82) is 0 Å². The molecule has 0 radical (unpaired) electrons. The van der Waals surface area contributed by atoms with E-state index in [9.17, 15) is 59.4 Å². The standard InChI is InChI=1S/3C7H5NO4.C3H10N2.3H2O.Zr/c3*9-6(10)4-2-1-3-5(8-4)7(11)12;1-3(5)2-4;;;;/h3*1-3H,(H,9,10)(H,11,12);3H,2,4-5H2,1H3;3*1H2;/q;;;;;;;+4/p-4/t;;;3-;;;;/m...0..../s1. The molecular formula is C24H27N5O15Zr. The molecule has 0 aliphatic rings. The maximum atomic E-state index is 10.2. The van der Waals surface area contributed by atoms with Gasteiger partial charge in [-0.1, -0.05) is 18.2 Å². The Morgan fingerprint density at radius 1 is 0.533 bits per heavy atom. The fourth-order valence-corrected chi connectivity index (χ4v) is 1.99. The molecule has 3 heterocycles. The van der Waals surface area contributed by atoms with Crippen LogP contribution in [-0.2, 0) is 26.2 Å². The molecule has 0 fully saturated rings. The first-order chi connectivity index (χ1) is 19.1. The summed E-state index contributed by atoms with van der Waals surface area (Å²) in [6.07, 6.45) is 0. The van der Waals surface area contributed by atoms with Gasteiger partial charge in [-0.3, -0.25) is 0 Å². The summed E-state index contributed by atoms with van der Waals surface area (Å²) >= 11 is 0. The van der Waals surface area contributed by atoms with Gasteiger partial charge in [-0.15, -0.1) is 0 Å². The van der Waals surface area contributed by atoms with Crippen molar-refractivity contribution < 1.29 is 114 Å². The minimum Gasteiger partial charge on any atom is -0.543 e. The Bertz CT molecular complexity index is 1160. The molecule has 45 heavy (non-hydrogen) atoms. The molecule has 3 aromatic heterocycles. The molecule has 12 N–H and O–H groups in total. The van der Waals surface area contributed by atoms with Crippen molar-refractivity contribution in [2.24, 2.45) is 0 Å². The van der Waals surface area contributed by atoms with Gasteiger partial charge in [-0.25, -0.2) is 15.0 Å². The van der Waals surface area contributed by atoms with Crippen molar-refractivity contribution in [3.8, 4) is 0 Å². The van der Waals surface area contributed by atoms with Crippen LogP contribution < -0.4 is 42.1 Å². The Hall–Kier alpha value is -5.05. The summed E-state index contributed by atoms with van der Waals surface area (Å²) in [7, 11) is 0. The summed E-state index contributed by atoms with van der Waals surface area (Å²) in [5.74, 6) is -9.09. The molecule has 0 aliphatic carbocycles. The summed E-state index contributed by atoms with van der Waals surface area (Å²) in [4.78, 5) is 70.9. The number of hydrogen-bond acceptors (Lipinski definition) is 15. The van der Waals surface area contributed by atoms with E-state index in [0.717, 1.165) is 42.9 Å². The van der Waals surface area contributed by atoms with Crippen LogP contribution >= 0.6 is 0 Å². The number of carboxylic acid groups (broad SMARTS) is 6. The maximum Gasteiger partial charge on any atom is 4.00 e. The predicted octanol–water partition coefficient (Wildman–Crippen LogP) is -11.2. The predicted molar refractivity (Wildman–Crippen MR) is 130 cm³/mol. The van der Waals surface area contributed by atoms with E-state index in [0.29, 0.717) is 6.04 Å². The van der Waals surface area contributed by atoms with Crippen LogP contribution in [-0.4, -0.2) is 79.8 Å². The van der Waals surface area contributed by atoms with Crippen molar-refractivity contribution >= 4 is 35.8 Å². The van der Waals surface area contributed by atoms with Crippen LogP contribution in [0.15, 0.2) is 54.6 Å². The van der Waals surface area contributed by atoms with E-state index in [1.165, 1.54) is 18.2 Å². The SMILES string of the molecule is C[C@H]([NH3+])C[NH3+].O.O.O.O=C([O-])c1cccc(C(=O)[O-])n1.O=C([O-])c1cccc(C(=O)[O-])n1.O=C([O-])c1cccc(C(=O)[O-])n1.[Zr+4]. The molecule has 0 amide bonds. The van der Waals surface area contributed by atoms with Gasteiger partial charge in [0.15, 0.2) is 0 Å². The van der Waals surface area contributed by atoms with Crippen LogP contribution in [0, 0.1) is 0 Å². The summed E-state index contributed by atoms with van der Waals surface area (Å²) < 4.78 is 0. The quantitative estimate of drug-likeness (QED) is 0.229. The third-order valence-corrected chi connectivity index (χ3v) is 3.99. The monoisotopic (exact) mass is 715 g/mol. The van der Waals surface area contributed by atoms with Crippen LogP contribution in [0.25, 0.3) is 0 Å². The Morgan fingerprint density at radius 3 is 0.756 bits per heavy atom. The Kier molecular flexibility index (Phi) is 28.1. The molecule has 0 aliphatic heterocycles. The molecule has 0 bridgehead atoms. The number of rotatable bonds is 7. The molecule has 0 unspecified atom stereocenters. The molecular weight excluding hydrogens is 690 g/mol. The van der Waals surface area contributed by atoms with Gasteiger partial charge < -0.3 is 87.3 Å². The summed E-state index contributed by atoms with van der Waals surface area (Å²) in [5.41, 5.74) is 4.80. The third-order valence-electron chi connectivity index (χ3n) is 3.99. The average Bonchev–Trinajstić information content (AvgIpc) is 2.94. The number of carboxylic acids is 6. The molecule has 0 spiro atoms. The van der Waals surface area contributed by atoms with E-state index in [-0.39, 0.29) is 42.6 Å². The van der Waals surface area contributed by atoms with Crippen LogP contribution in [0.1, 0.15) is 69.9 Å². The first-order valence-electron chi connectivity index (χ1n) is 10.9. The van der Waals surface area contributed by atoms with Crippen molar-refractivity contribution in [3.05, 3.63) is 88.8 Å². The second-order valence-electron chi connectivity index (χ2n) is 7.34. The molecule has 0 saturated heterocycles. The molecule has 0 aromatic carbocycles. The maximum absolute atomic E-state index is 10.2. The zero-order valence-corrected chi connectivity index (χ0v) is 25.6. The first-order valence-corrected chi connectivity index (χ1v) is 10.9. The van der Waals surface area contributed by atoms with Crippen molar-refractivity contribution in [2.45, 2.75) is 13.0 Å². The number of pyridine rings is 3. The van der Waals surface area contributed by atoms with E-state index in [1.54, 1.807) is 0 Å². The summed E-state index contributed by atoms with van der Waals surface area (Å²) in [6.45, 7) is 2.99. The Labute approximate surface area is 272 Å². The van der Waals surface area contributed by atoms with Crippen LogP contribution in [0.3, 0.4) is 0 Å². The Morgan fingerprint density at radius 2 is 0.667 bits per heavy atom. The van der Waals surface area contributed by atoms with Crippen LogP contribution in [0.4, 0.5) is 0 Å². The molecule has 242 valence electrons. The van der Waals surface area contributed by atoms with Crippen LogP contribution in [0.5, 0.6) is 0 Å². The second kappa shape index (κ2) is 25.5. The normalized spacial score (nSPS) is 9.13. The Balaban J connectivity index is -0.000000159. The zero-order chi connectivity index (χ0) is 31.7. The van der Waals surface area contributed by atoms with Gasteiger partial charge in [0.25, 0.3) is 0 Å². The van der Waals surface area contributed by atoms with E-state index in [2.05, 4.69) is 26.4 Å². The van der Waals surface area contributed by atoms with E-state index >= 15 is 0 Å².